The first-order chi connectivity index (χ1) is 13.6. The third kappa shape index (κ3) is 6.25. The summed E-state index contributed by atoms with van der Waals surface area (Å²) < 4.78 is 5.46. The van der Waals surface area contributed by atoms with E-state index in [4.69, 9.17) is 16.3 Å². The molecule has 148 valence electrons. The molecule has 2 amide bonds. The first-order valence-corrected chi connectivity index (χ1v) is 9.72. The zero-order valence-corrected chi connectivity index (χ0v) is 16.3. The van der Waals surface area contributed by atoms with Crippen molar-refractivity contribution in [2.45, 2.75) is 18.9 Å². The fourth-order valence-electron chi connectivity index (χ4n) is 3.13. The Labute approximate surface area is 169 Å². The highest BCUT2D eigenvalue weighted by Crippen LogP contribution is 2.22. The van der Waals surface area contributed by atoms with E-state index >= 15 is 0 Å². The van der Waals surface area contributed by atoms with Crippen LogP contribution < -0.4 is 15.4 Å². The second-order valence-corrected chi connectivity index (χ2v) is 7.16. The van der Waals surface area contributed by atoms with Crippen LogP contribution in [0, 0.1) is 0 Å². The minimum absolute atomic E-state index is 0.0261. The number of nitrogens with zero attached hydrogens (tertiary/aromatic N) is 1. The number of anilines is 1. The summed E-state index contributed by atoms with van der Waals surface area (Å²) in [5.74, 6) is 0.306. The number of hydrogen-bond donors (Lipinski definition) is 2. The topological polar surface area (TPSA) is 70.7 Å². The Bertz CT molecular complexity index is 792. The van der Waals surface area contributed by atoms with Crippen molar-refractivity contribution in [3.8, 4) is 5.75 Å². The van der Waals surface area contributed by atoms with Crippen molar-refractivity contribution in [3.63, 3.8) is 0 Å². The molecule has 6 nitrogen and oxygen atoms in total. The molecule has 1 aliphatic rings. The normalized spacial score (nSPS) is 15.0. The first-order valence-electron chi connectivity index (χ1n) is 9.34. The van der Waals surface area contributed by atoms with Crippen molar-refractivity contribution < 1.29 is 14.3 Å². The van der Waals surface area contributed by atoms with Gasteiger partial charge >= 0.3 is 0 Å². The van der Waals surface area contributed by atoms with Crippen molar-refractivity contribution in [3.05, 3.63) is 59.6 Å². The molecule has 0 saturated carbocycles. The zero-order valence-electron chi connectivity index (χ0n) is 15.6. The number of carbonyl (C=O) groups excluding carboxylic acids is 2. The molecule has 1 aliphatic heterocycles. The summed E-state index contributed by atoms with van der Waals surface area (Å²) in [6.07, 6.45) is 1.60. The van der Waals surface area contributed by atoms with Gasteiger partial charge in [-0.2, -0.15) is 0 Å². The van der Waals surface area contributed by atoms with Gasteiger partial charge in [-0.25, -0.2) is 0 Å². The highest BCUT2D eigenvalue weighted by atomic mass is 35.5. The van der Waals surface area contributed by atoms with Crippen LogP contribution in [0.3, 0.4) is 0 Å². The number of piperidine rings is 1. The van der Waals surface area contributed by atoms with Crippen LogP contribution in [-0.4, -0.2) is 49.0 Å². The maximum Gasteiger partial charge on any atom is 0.258 e. The number of amides is 2. The van der Waals surface area contributed by atoms with E-state index in [1.54, 1.807) is 12.1 Å². The van der Waals surface area contributed by atoms with Crippen LogP contribution in [0.15, 0.2) is 54.6 Å². The lowest BCUT2D eigenvalue weighted by Gasteiger charge is -2.31. The Kier molecular flexibility index (Phi) is 7.28. The van der Waals surface area contributed by atoms with E-state index in [9.17, 15) is 9.59 Å². The number of ether oxygens (including phenoxy) is 1. The van der Waals surface area contributed by atoms with Crippen molar-refractivity contribution in [2.75, 3.05) is 31.6 Å². The van der Waals surface area contributed by atoms with Gasteiger partial charge in [-0.1, -0.05) is 41.9 Å². The molecule has 3 rings (SSSR count). The fraction of sp³-hybridized carbons (Fsp3) is 0.333. The summed E-state index contributed by atoms with van der Waals surface area (Å²) in [4.78, 5) is 26.3. The molecule has 0 aromatic heterocycles. The van der Waals surface area contributed by atoms with Gasteiger partial charge in [-0.15, -0.1) is 0 Å². The Balaban J connectivity index is 1.35. The molecule has 0 unspecified atom stereocenters. The zero-order chi connectivity index (χ0) is 19.8. The number of rotatable bonds is 7. The van der Waals surface area contributed by atoms with E-state index in [2.05, 4.69) is 15.5 Å². The lowest BCUT2D eigenvalue weighted by molar-refractivity contribution is -0.124. The van der Waals surface area contributed by atoms with Crippen molar-refractivity contribution in [2.24, 2.45) is 0 Å². The van der Waals surface area contributed by atoms with E-state index < -0.39 is 0 Å². The molecular weight excluding hydrogens is 378 g/mol. The van der Waals surface area contributed by atoms with E-state index in [0.717, 1.165) is 31.6 Å². The molecule has 28 heavy (non-hydrogen) atoms. The molecule has 0 aliphatic carbocycles. The molecule has 0 spiro atoms. The van der Waals surface area contributed by atoms with Crippen molar-refractivity contribution >= 4 is 29.1 Å². The maximum atomic E-state index is 12.1. The molecule has 2 aromatic carbocycles. The predicted molar refractivity (Wildman–Crippen MR) is 110 cm³/mol. The molecule has 1 heterocycles. The minimum Gasteiger partial charge on any atom is -0.482 e. The van der Waals surface area contributed by atoms with Gasteiger partial charge in [-0.05, 0) is 37.1 Å². The van der Waals surface area contributed by atoms with Gasteiger partial charge in [0.05, 0.1) is 11.6 Å². The van der Waals surface area contributed by atoms with Gasteiger partial charge in [0, 0.05) is 24.8 Å². The van der Waals surface area contributed by atoms with Crippen LogP contribution in [0.25, 0.3) is 0 Å². The van der Waals surface area contributed by atoms with Crippen LogP contribution in [0.4, 0.5) is 5.69 Å². The molecule has 7 heteroatoms. The predicted octanol–water partition coefficient (Wildman–Crippen LogP) is 2.94. The summed E-state index contributed by atoms with van der Waals surface area (Å²) in [7, 11) is 0. The van der Waals surface area contributed by atoms with Gasteiger partial charge in [0.2, 0.25) is 5.91 Å². The van der Waals surface area contributed by atoms with Crippen molar-refractivity contribution in [1.82, 2.24) is 10.2 Å². The fourth-order valence-corrected chi connectivity index (χ4v) is 3.33. The summed E-state index contributed by atoms with van der Waals surface area (Å²) in [6, 6.07) is 16.6. The third-order valence-corrected chi connectivity index (χ3v) is 4.89. The van der Waals surface area contributed by atoms with E-state index in [0.29, 0.717) is 17.3 Å². The molecule has 1 fully saturated rings. The smallest absolute Gasteiger partial charge is 0.258 e. The second kappa shape index (κ2) is 10.1. The van der Waals surface area contributed by atoms with Gasteiger partial charge in [0.1, 0.15) is 5.75 Å². The van der Waals surface area contributed by atoms with Crippen LogP contribution in [0.1, 0.15) is 12.8 Å². The monoisotopic (exact) mass is 401 g/mol. The Morgan fingerprint density at radius 2 is 1.68 bits per heavy atom. The third-order valence-electron chi connectivity index (χ3n) is 4.57. The van der Waals surface area contributed by atoms with Crippen LogP contribution >= 0.6 is 11.6 Å². The van der Waals surface area contributed by atoms with Crippen LogP contribution in [0.2, 0.25) is 5.02 Å². The summed E-state index contributed by atoms with van der Waals surface area (Å²) in [5, 5.41) is 6.36. The number of carbonyl (C=O) groups is 2. The number of nitrogens with one attached hydrogen (secondary N) is 2. The quantitative estimate of drug-likeness (QED) is 0.748. The van der Waals surface area contributed by atoms with E-state index in [1.807, 2.05) is 42.5 Å². The van der Waals surface area contributed by atoms with Crippen molar-refractivity contribution in [1.29, 1.82) is 0 Å². The van der Waals surface area contributed by atoms with Crippen LogP contribution in [-0.2, 0) is 9.59 Å². The summed E-state index contributed by atoms with van der Waals surface area (Å²) >= 11 is 6.01. The molecular formula is C21H24ClN3O3. The molecule has 1 saturated heterocycles. The standard InChI is InChI=1S/C21H24ClN3O3/c22-18-8-4-5-9-19(18)28-15-21(27)24-17-10-12-25(13-11-17)14-20(26)23-16-6-2-1-3-7-16/h1-9,17H,10-15H2,(H,23,26)(H,24,27). The van der Waals surface area contributed by atoms with Gasteiger partial charge in [0.25, 0.3) is 5.91 Å². The maximum absolute atomic E-state index is 12.1. The number of hydrogen-bond acceptors (Lipinski definition) is 4. The summed E-state index contributed by atoms with van der Waals surface area (Å²) in [5.41, 5.74) is 0.799. The van der Waals surface area contributed by atoms with Gasteiger partial charge < -0.3 is 15.4 Å². The average Bonchev–Trinajstić information content (AvgIpc) is 2.69. The summed E-state index contributed by atoms with van der Waals surface area (Å²) in [6.45, 7) is 1.81. The largest absolute Gasteiger partial charge is 0.482 e. The molecule has 0 radical (unpaired) electrons. The lowest BCUT2D eigenvalue weighted by atomic mass is 10.1. The minimum atomic E-state index is -0.166. The number of benzene rings is 2. The van der Waals surface area contributed by atoms with Gasteiger partial charge in [0.15, 0.2) is 6.61 Å². The first kappa shape index (κ1) is 20.2. The van der Waals surface area contributed by atoms with Crippen LogP contribution in [0.5, 0.6) is 5.75 Å². The second-order valence-electron chi connectivity index (χ2n) is 6.75. The SMILES string of the molecule is O=C(CN1CCC(NC(=O)COc2ccccc2Cl)CC1)Nc1ccccc1. The molecule has 0 atom stereocenters. The Morgan fingerprint density at radius 3 is 2.39 bits per heavy atom. The molecule has 0 bridgehead atoms. The Morgan fingerprint density at radius 1 is 1.00 bits per heavy atom. The van der Waals surface area contributed by atoms with Gasteiger partial charge in [-0.3, -0.25) is 14.5 Å². The number of para-hydroxylation sites is 2. The molecule has 2 N–H and O–H groups in total. The number of likely N-dealkylation sites (tertiary alicyclic amines) is 1. The van der Waals surface area contributed by atoms with E-state index in [-0.39, 0.29) is 24.5 Å². The highest BCUT2D eigenvalue weighted by Gasteiger charge is 2.22. The number of halogens is 1. The van der Waals surface area contributed by atoms with E-state index in [1.165, 1.54) is 0 Å². The highest BCUT2D eigenvalue weighted by molar-refractivity contribution is 6.32. The average molecular weight is 402 g/mol. The molecule has 2 aromatic rings. The lowest BCUT2D eigenvalue weighted by Crippen LogP contribution is -2.47. The Hall–Kier alpha value is -2.57.